The minimum absolute atomic E-state index is 0.132. The Hall–Kier alpha value is -2.00. The van der Waals surface area contributed by atoms with Gasteiger partial charge >= 0.3 is 0 Å². The van der Waals surface area contributed by atoms with E-state index in [1.54, 1.807) is 36.4 Å². The van der Waals surface area contributed by atoms with E-state index in [4.69, 9.17) is 22.1 Å². The molecule has 0 fully saturated rings. The molecule has 0 atom stereocenters. The Bertz CT molecular complexity index is 611. The molecule has 2 rings (SSSR count). The smallest absolute Gasteiger partial charge is 0.196 e. The predicted molar refractivity (Wildman–Crippen MR) is 76.9 cm³/mol. The van der Waals surface area contributed by atoms with Crippen molar-refractivity contribution in [3.05, 3.63) is 58.6 Å². The second-order valence-corrected chi connectivity index (χ2v) is 4.40. The average molecular weight is 276 g/mol. The summed E-state index contributed by atoms with van der Waals surface area (Å²) < 4.78 is 5.46. The van der Waals surface area contributed by atoms with Crippen LogP contribution in [0.25, 0.3) is 0 Å². The van der Waals surface area contributed by atoms with Crippen LogP contribution in [0, 0.1) is 0 Å². The van der Waals surface area contributed by atoms with Crippen molar-refractivity contribution in [2.75, 3.05) is 12.3 Å². The van der Waals surface area contributed by atoms with E-state index in [2.05, 4.69) is 0 Å². The van der Waals surface area contributed by atoms with Crippen LogP contribution in [0.5, 0.6) is 5.75 Å². The lowest BCUT2D eigenvalue weighted by atomic mass is 10.0. The van der Waals surface area contributed by atoms with E-state index in [-0.39, 0.29) is 5.78 Å². The number of carbonyl (C=O) groups excluding carboxylic acids is 1. The first-order valence-electron chi connectivity index (χ1n) is 5.95. The third kappa shape index (κ3) is 2.88. The van der Waals surface area contributed by atoms with Gasteiger partial charge in [-0.1, -0.05) is 23.7 Å². The van der Waals surface area contributed by atoms with Gasteiger partial charge in [0.15, 0.2) is 5.78 Å². The number of hydrogen-bond acceptors (Lipinski definition) is 3. The number of hydrogen-bond donors (Lipinski definition) is 1. The summed E-state index contributed by atoms with van der Waals surface area (Å²) in [7, 11) is 0. The van der Waals surface area contributed by atoms with Crippen molar-refractivity contribution in [3.63, 3.8) is 0 Å². The van der Waals surface area contributed by atoms with Crippen molar-refractivity contribution in [2.45, 2.75) is 6.92 Å². The zero-order valence-electron chi connectivity index (χ0n) is 10.5. The van der Waals surface area contributed by atoms with Gasteiger partial charge in [-0.25, -0.2) is 0 Å². The van der Waals surface area contributed by atoms with Crippen molar-refractivity contribution in [1.29, 1.82) is 0 Å². The van der Waals surface area contributed by atoms with Gasteiger partial charge in [-0.05, 0) is 37.3 Å². The van der Waals surface area contributed by atoms with Crippen molar-refractivity contribution >= 4 is 23.1 Å². The quantitative estimate of drug-likeness (QED) is 0.686. The van der Waals surface area contributed by atoms with Crippen molar-refractivity contribution in [3.8, 4) is 5.75 Å². The summed E-state index contributed by atoms with van der Waals surface area (Å²) in [5.41, 5.74) is 7.12. The number of benzene rings is 2. The molecule has 0 amide bonds. The van der Waals surface area contributed by atoms with Gasteiger partial charge in [0, 0.05) is 5.56 Å². The van der Waals surface area contributed by atoms with E-state index in [0.29, 0.717) is 34.2 Å². The Morgan fingerprint density at radius 1 is 1.26 bits per heavy atom. The maximum Gasteiger partial charge on any atom is 0.196 e. The normalized spacial score (nSPS) is 10.2. The topological polar surface area (TPSA) is 52.3 Å². The largest absolute Gasteiger partial charge is 0.493 e. The van der Waals surface area contributed by atoms with E-state index in [9.17, 15) is 4.79 Å². The number of ether oxygens (including phenoxy) is 1. The fourth-order valence-electron chi connectivity index (χ4n) is 1.78. The van der Waals surface area contributed by atoms with Crippen LogP contribution in [0.1, 0.15) is 22.8 Å². The van der Waals surface area contributed by atoms with Crippen LogP contribution < -0.4 is 10.5 Å². The van der Waals surface area contributed by atoms with Gasteiger partial charge < -0.3 is 10.5 Å². The molecule has 98 valence electrons. The molecule has 0 bridgehead atoms. The molecule has 2 aromatic carbocycles. The maximum atomic E-state index is 12.4. The summed E-state index contributed by atoms with van der Waals surface area (Å²) >= 11 is 5.85. The van der Waals surface area contributed by atoms with Gasteiger partial charge in [-0.3, -0.25) is 4.79 Å². The zero-order chi connectivity index (χ0) is 13.8. The molecule has 3 nitrogen and oxygen atoms in total. The molecular formula is C15H14ClNO2. The summed E-state index contributed by atoms with van der Waals surface area (Å²) in [4.78, 5) is 12.4. The molecular weight excluding hydrogens is 262 g/mol. The van der Waals surface area contributed by atoms with E-state index in [1.165, 1.54) is 0 Å². The maximum absolute atomic E-state index is 12.4. The van der Waals surface area contributed by atoms with Crippen molar-refractivity contribution in [1.82, 2.24) is 0 Å². The minimum Gasteiger partial charge on any atom is -0.493 e. The average Bonchev–Trinajstić information content (AvgIpc) is 2.42. The SMILES string of the molecule is CCOc1ccccc1C(=O)c1ccc(Cl)c(N)c1. The van der Waals surface area contributed by atoms with Crippen molar-refractivity contribution < 1.29 is 9.53 Å². The standard InChI is InChI=1S/C15H14ClNO2/c1-2-19-14-6-4-3-5-11(14)15(18)10-7-8-12(16)13(17)9-10/h3-9H,2,17H2,1H3. The number of para-hydroxylation sites is 1. The number of anilines is 1. The van der Waals surface area contributed by atoms with Gasteiger partial charge in [0.2, 0.25) is 0 Å². The van der Waals surface area contributed by atoms with Gasteiger partial charge in [0.25, 0.3) is 0 Å². The van der Waals surface area contributed by atoms with Crippen LogP contribution in [-0.4, -0.2) is 12.4 Å². The molecule has 0 saturated carbocycles. The molecule has 4 heteroatoms. The first-order chi connectivity index (χ1) is 9.13. The molecule has 0 radical (unpaired) electrons. The number of carbonyl (C=O) groups is 1. The summed E-state index contributed by atoms with van der Waals surface area (Å²) in [6.07, 6.45) is 0. The highest BCUT2D eigenvalue weighted by Crippen LogP contribution is 2.25. The number of rotatable bonds is 4. The first-order valence-corrected chi connectivity index (χ1v) is 6.33. The number of nitrogens with two attached hydrogens (primary N) is 1. The molecule has 2 N–H and O–H groups in total. The molecule has 0 heterocycles. The summed E-state index contributed by atoms with van der Waals surface area (Å²) in [5.74, 6) is 0.441. The minimum atomic E-state index is -0.132. The van der Waals surface area contributed by atoms with Gasteiger partial charge in [-0.15, -0.1) is 0 Å². The van der Waals surface area contributed by atoms with Gasteiger partial charge in [0.1, 0.15) is 5.75 Å². The fraction of sp³-hybridized carbons (Fsp3) is 0.133. The summed E-state index contributed by atoms with van der Waals surface area (Å²) in [6.45, 7) is 2.38. The lowest BCUT2D eigenvalue weighted by molar-refractivity contribution is 0.103. The Morgan fingerprint density at radius 3 is 2.68 bits per heavy atom. The Labute approximate surface area is 117 Å². The van der Waals surface area contributed by atoms with Crippen LogP contribution in [0.2, 0.25) is 5.02 Å². The van der Waals surface area contributed by atoms with Crippen molar-refractivity contribution in [2.24, 2.45) is 0 Å². The summed E-state index contributed by atoms with van der Waals surface area (Å²) in [5, 5.41) is 0.439. The lowest BCUT2D eigenvalue weighted by Gasteiger charge is -2.09. The molecule has 0 aliphatic heterocycles. The Kier molecular flexibility index (Phi) is 4.07. The second kappa shape index (κ2) is 5.76. The molecule has 0 aromatic heterocycles. The Morgan fingerprint density at radius 2 is 2.00 bits per heavy atom. The fourth-order valence-corrected chi connectivity index (χ4v) is 1.89. The van der Waals surface area contributed by atoms with Crippen LogP contribution in [0.3, 0.4) is 0 Å². The molecule has 0 saturated heterocycles. The first kappa shape index (κ1) is 13.4. The van der Waals surface area contributed by atoms with Gasteiger partial charge in [-0.2, -0.15) is 0 Å². The lowest BCUT2D eigenvalue weighted by Crippen LogP contribution is -2.06. The van der Waals surface area contributed by atoms with E-state index in [0.717, 1.165) is 0 Å². The van der Waals surface area contributed by atoms with Crippen LogP contribution >= 0.6 is 11.6 Å². The van der Waals surface area contributed by atoms with Gasteiger partial charge in [0.05, 0.1) is 22.9 Å². The van der Waals surface area contributed by atoms with E-state index >= 15 is 0 Å². The highest BCUT2D eigenvalue weighted by Gasteiger charge is 2.14. The number of nitrogen functional groups attached to an aromatic ring is 1. The third-order valence-corrected chi connectivity index (χ3v) is 3.03. The van der Waals surface area contributed by atoms with E-state index < -0.39 is 0 Å². The molecule has 0 unspecified atom stereocenters. The number of halogens is 1. The Balaban J connectivity index is 2.41. The van der Waals surface area contributed by atoms with Crippen LogP contribution in [-0.2, 0) is 0 Å². The van der Waals surface area contributed by atoms with Crippen LogP contribution in [0.4, 0.5) is 5.69 Å². The highest BCUT2D eigenvalue weighted by molar-refractivity contribution is 6.33. The predicted octanol–water partition coefficient (Wildman–Crippen LogP) is 3.55. The number of ketones is 1. The second-order valence-electron chi connectivity index (χ2n) is 3.99. The molecule has 0 spiro atoms. The highest BCUT2D eigenvalue weighted by atomic mass is 35.5. The monoisotopic (exact) mass is 275 g/mol. The molecule has 0 aliphatic carbocycles. The molecule has 0 aliphatic rings. The third-order valence-electron chi connectivity index (χ3n) is 2.69. The van der Waals surface area contributed by atoms with Crippen LogP contribution in [0.15, 0.2) is 42.5 Å². The molecule has 2 aromatic rings. The van der Waals surface area contributed by atoms with E-state index in [1.807, 2.05) is 13.0 Å². The zero-order valence-corrected chi connectivity index (χ0v) is 11.3. The molecule has 19 heavy (non-hydrogen) atoms. The summed E-state index contributed by atoms with van der Waals surface area (Å²) in [6, 6.07) is 12.0.